The molecule has 0 fully saturated rings. The number of hydrogen-bond acceptors (Lipinski definition) is 2. The number of rotatable bonds is 4. The van der Waals surface area contributed by atoms with Crippen molar-refractivity contribution >= 4 is 5.97 Å². The summed E-state index contributed by atoms with van der Waals surface area (Å²) < 4.78 is 4.75. The van der Waals surface area contributed by atoms with Gasteiger partial charge in [-0.3, -0.25) is 4.79 Å². The molecule has 0 saturated heterocycles. The van der Waals surface area contributed by atoms with Gasteiger partial charge in [-0.05, 0) is 20.3 Å². The lowest BCUT2D eigenvalue weighted by Gasteiger charge is -1.98. The minimum Gasteiger partial charge on any atom is -0.466 e. The molecule has 0 aliphatic heterocycles. The van der Waals surface area contributed by atoms with Gasteiger partial charge in [0.1, 0.15) is 0 Å². The predicted molar refractivity (Wildman–Crippen MR) is 45.3 cm³/mol. The molecular formula is C9H16O2. The van der Waals surface area contributed by atoms with Crippen LogP contribution in [0.5, 0.6) is 0 Å². The van der Waals surface area contributed by atoms with Crippen molar-refractivity contribution in [1.29, 1.82) is 0 Å². The van der Waals surface area contributed by atoms with Gasteiger partial charge in [0, 0.05) is 0 Å². The average molecular weight is 156 g/mol. The third-order valence-corrected chi connectivity index (χ3v) is 1.48. The number of allylic oxidation sites excluding steroid dienone is 1. The largest absolute Gasteiger partial charge is 0.466 e. The van der Waals surface area contributed by atoms with Crippen LogP contribution in [-0.2, 0) is 9.53 Å². The smallest absolute Gasteiger partial charge is 0.309 e. The Morgan fingerprint density at radius 1 is 1.45 bits per heavy atom. The Balaban J connectivity index is 3.60. The first-order chi connectivity index (χ1) is 5.20. The van der Waals surface area contributed by atoms with E-state index in [9.17, 15) is 4.79 Å². The van der Waals surface area contributed by atoms with Crippen molar-refractivity contribution in [3.05, 3.63) is 11.6 Å². The summed E-state index contributed by atoms with van der Waals surface area (Å²) in [5.41, 5.74) is 1.23. The number of esters is 1. The van der Waals surface area contributed by atoms with Crippen LogP contribution in [0.4, 0.5) is 0 Å². The molecule has 0 radical (unpaired) electrons. The number of hydrogen-bond donors (Lipinski definition) is 0. The van der Waals surface area contributed by atoms with E-state index in [0.29, 0.717) is 13.0 Å². The first kappa shape index (κ1) is 10.2. The molecule has 0 spiro atoms. The third kappa shape index (κ3) is 5.64. The summed E-state index contributed by atoms with van der Waals surface area (Å²) in [5, 5.41) is 0. The van der Waals surface area contributed by atoms with Gasteiger partial charge in [-0.25, -0.2) is 0 Å². The lowest BCUT2D eigenvalue weighted by Crippen LogP contribution is -2.01. The van der Waals surface area contributed by atoms with Gasteiger partial charge in [0.15, 0.2) is 0 Å². The molecule has 0 aromatic heterocycles. The summed E-state index contributed by atoms with van der Waals surface area (Å²) in [6, 6.07) is 0. The van der Waals surface area contributed by atoms with E-state index in [1.165, 1.54) is 5.57 Å². The molecule has 0 unspecified atom stereocenters. The fourth-order valence-electron chi connectivity index (χ4n) is 0.622. The van der Waals surface area contributed by atoms with Gasteiger partial charge >= 0.3 is 5.97 Å². The Morgan fingerprint density at radius 3 is 2.55 bits per heavy atom. The highest BCUT2D eigenvalue weighted by Gasteiger charge is 1.96. The molecule has 2 nitrogen and oxygen atoms in total. The van der Waals surface area contributed by atoms with Crippen molar-refractivity contribution in [3.63, 3.8) is 0 Å². The molecule has 0 heterocycles. The van der Waals surface area contributed by atoms with Crippen LogP contribution < -0.4 is 0 Å². The SMILES string of the molecule is CCOC(=O)C/C=C(\C)CC. The standard InChI is InChI=1S/C9H16O2/c1-4-8(3)6-7-9(10)11-5-2/h6H,4-5,7H2,1-3H3/b8-6+. The van der Waals surface area contributed by atoms with E-state index in [4.69, 9.17) is 4.74 Å². The zero-order chi connectivity index (χ0) is 8.69. The van der Waals surface area contributed by atoms with Crippen LogP contribution in [0.15, 0.2) is 11.6 Å². The maximum atomic E-state index is 10.8. The lowest BCUT2D eigenvalue weighted by atomic mass is 10.2. The maximum absolute atomic E-state index is 10.8. The monoisotopic (exact) mass is 156 g/mol. The minimum absolute atomic E-state index is 0.139. The fraction of sp³-hybridized carbons (Fsp3) is 0.667. The zero-order valence-corrected chi connectivity index (χ0v) is 7.52. The maximum Gasteiger partial charge on any atom is 0.309 e. The number of ether oxygens (including phenoxy) is 1. The van der Waals surface area contributed by atoms with Crippen molar-refractivity contribution in [2.24, 2.45) is 0 Å². The first-order valence-corrected chi connectivity index (χ1v) is 4.02. The van der Waals surface area contributed by atoms with Crippen molar-refractivity contribution in [3.8, 4) is 0 Å². The first-order valence-electron chi connectivity index (χ1n) is 4.02. The van der Waals surface area contributed by atoms with Crippen LogP contribution >= 0.6 is 0 Å². The van der Waals surface area contributed by atoms with Gasteiger partial charge in [-0.1, -0.05) is 18.6 Å². The van der Waals surface area contributed by atoms with Crippen LogP contribution in [-0.4, -0.2) is 12.6 Å². The van der Waals surface area contributed by atoms with Gasteiger partial charge < -0.3 is 4.74 Å². The van der Waals surface area contributed by atoms with Crippen LogP contribution in [0.2, 0.25) is 0 Å². The molecule has 0 N–H and O–H groups in total. The molecule has 11 heavy (non-hydrogen) atoms. The summed E-state index contributed by atoms with van der Waals surface area (Å²) in [5.74, 6) is -0.139. The molecule has 0 rings (SSSR count). The van der Waals surface area contributed by atoms with Crippen molar-refractivity contribution in [1.82, 2.24) is 0 Å². The van der Waals surface area contributed by atoms with E-state index in [2.05, 4.69) is 6.92 Å². The lowest BCUT2D eigenvalue weighted by molar-refractivity contribution is -0.142. The molecule has 0 aromatic carbocycles. The van der Waals surface area contributed by atoms with Gasteiger partial charge in [0.05, 0.1) is 13.0 Å². The fourth-order valence-corrected chi connectivity index (χ4v) is 0.622. The van der Waals surface area contributed by atoms with Gasteiger partial charge in [-0.2, -0.15) is 0 Å². The van der Waals surface area contributed by atoms with Crippen LogP contribution in [0, 0.1) is 0 Å². The Labute approximate surface area is 68.2 Å². The van der Waals surface area contributed by atoms with Crippen LogP contribution in [0.25, 0.3) is 0 Å². The second-order valence-corrected chi connectivity index (χ2v) is 2.41. The topological polar surface area (TPSA) is 26.3 Å². The van der Waals surface area contributed by atoms with Crippen LogP contribution in [0.1, 0.15) is 33.6 Å². The summed E-state index contributed by atoms with van der Waals surface area (Å²) in [6.07, 6.45) is 3.32. The molecule has 64 valence electrons. The van der Waals surface area contributed by atoms with E-state index in [0.717, 1.165) is 6.42 Å². The van der Waals surface area contributed by atoms with E-state index >= 15 is 0 Å². The molecular weight excluding hydrogens is 140 g/mol. The molecule has 0 aliphatic rings. The Hall–Kier alpha value is -0.790. The van der Waals surface area contributed by atoms with Crippen molar-refractivity contribution in [2.75, 3.05) is 6.61 Å². The molecule has 0 bridgehead atoms. The highest BCUT2D eigenvalue weighted by Crippen LogP contribution is 2.00. The molecule has 0 aliphatic carbocycles. The molecule has 0 atom stereocenters. The van der Waals surface area contributed by atoms with E-state index < -0.39 is 0 Å². The second kappa shape index (κ2) is 5.96. The molecule has 0 aromatic rings. The van der Waals surface area contributed by atoms with Crippen molar-refractivity contribution < 1.29 is 9.53 Å². The summed E-state index contributed by atoms with van der Waals surface area (Å²) in [4.78, 5) is 10.8. The summed E-state index contributed by atoms with van der Waals surface area (Å²) in [6.45, 7) is 6.36. The quantitative estimate of drug-likeness (QED) is 0.461. The van der Waals surface area contributed by atoms with Crippen LogP contribution in [0.3, 0.4) is 0 Å². The Morgan fingerprint density at radius 2 is 2.09 bits per heavy atom. The summed E-state index contributed by atoms with van der Waals surface area (Å²) in [7, 11) is 0. The van der Waals surface area contributed by atoms with Gasteiger partial charge in [-0.15, -0.1) is 0 Å². The Bertz CT molecular complexity index is 148. The minimum atomic E-state index is -0.139. The number of carbonyl (C=O) groups excluding carboxylic acids is 1. The molecule has 2 heteroatoms. The summed E-state index contributed by atoms with van der Waals surface area (Å²) >= 11 is 0. The van der Waals surface area contributed by atoms with E-state index in [1.807, 2.05) is 19.9 Å². The predicted octanol–water partition coefficient (Wildman–Crippen LogP) is 2.30. The van der Waals surface area contributed by atoms with Crippen molar-refractivity contribution in [2.45, 2.75) is 33.6 Å². The highest BCUT2D eigenvalue weighted by molar-refractivity contribution is 5.71. The molecule has 0 saturated carbocycles. The number of carbonyl (C=O) groups is 1. The normalized spacial score (nSPS) is 11.4. The molecule has 0 amide bonds. The van der Waals surface area contributed by atoms with E-state index in [-0.39, 0.29) is 5.97 Å². The van der Waals surface area contributed by atoms with Gasteiger partial charge in [0.25, 0.3) is 0 Å². The van der Waals surface area contributed by atoms with Gasteiger partial charge in [0.2, 0.25) is 0 Å². The second-order valence-electron chi connectivity index (χ2n) is 2.41. The zero-order valence-electron chi connectivity index (χ0n) is 7.52. The third-order valence-electron chi connectivity index (χ3n) is 1.48. The van der Waals surface area contributed by atoms with E-state index in [1.54, 1.807) is 0 Å². The average Bonchev–Trinajstić information content (AvgIpc) is 2.01. The Kier molecular flexibility index (Phi) is 5.53. The highest BCUT2D eigenvalue weighted by atomic mass is 16.5.